The average Bonchev–Trinajstić information content (AvgIpc) is 3.39. The average molecular weight is 389 g/mol. The lowest BCUT2D eigenvalue weighted by molar-refractivity contribution is 0.102. The van der Waals surface area contributed by atoms with E-state index in [0.29, 0.717) is 22.4 Å². The number of carbonyl (C=O) groups excluding carboxylic acids is 1. The molecule has 5 nitrogen and oxygen atoms in total. The number of oxazole rings is 1. The Morgan fingerprint density at radius 2 is 1.79 bits per heavy atom. The van der Waals surface area contributed by atoms with Crippen LogP contribution in [0.25, 0.3) is 22.6 Å². The number of amides is 1. The number of hydrogen-bond donors (Lipinski definition) is 1. The number of aromatic nitrogens is 2. The van der Waals surface area contributed by atoms with Crippen molar-refractivity contribution >= 4 is 22.4 Å². The highest BCUT2D eigenvalue weighted by Crippen LogP contribution is 2.36. The second kappa shape index (κ2) is 7.78. The molecule has 0 atom stereocenters. The Kier molecular flexibility index (Phi) is 5.04. The van der Waals surface area contributed by atoms with E-state index in [4.69, 9.17) is 4.42 Å². The van der Waals surface area contributed by atoms with Crippen LogP contribution in [0.4, 0.5) is 5.13 Å². The first-order valence-corrected chi connectivity index (χ1v) is 9.80. The van der Waals surface area contributed by atoms with E-state index in [1.54, 1.807) is 18.3 Å². The van der Waals surface area contributed by atoms with E-state index >= 15 is 0 Å². The molecule has 2 heterocycles. The Balaban J connectivity index is 1.56. The monoisotopic (exact) mass is 389 g/mol. The molecule has 140 valence electrons. The molecule has 0 bridgehead atoms. The summed E-state index contributed by atoms with van der Waals surface area (Å²) in [6.07, 6.45) is 3.03. The first-order valence-electron chi connectivity index (χ1n) is 8.98. The van der Waals surface area contributed by atoms with Gasteiger partial charge in [-0.05, 0) is 18.1 Å². The number of hydrogen-bond acceptors (Lipinski definition) is 5. The van der Waals surface area contributed by atoms with Crippen molar-refractivity contribution in [3.8, 4) is 22.6 Å². The molecule has 28 heavy (non-hydrogen) atoms. The highest BCUT2D eigenvalue weighted by molar-refractivity contribution is 7.16. The van der Waals surface area contributed by atoms with Crippen molar-refractivity contribution in [1.82, 2.24) is 9.97 Å². The van der Waals surface area contributed by atoms with Gasteiger partial charge in [0, 0.05) is 21.6 Å². The van der Waals surface area contributed by atoms with Gasteiger partial charge >= 0.3 is 0 Å². The zero-order valence-electron chi connectivity index (χ0n) is 15.5. The van der Waals surface area contributed by atoms with E-state index in [1.807, 2.05) is 42.5 Å². The minimum absolute atomic E-state index is 0.187. The first-order chi connectivity index (χ1) is 13.6. The van der Waals surface area contributed by atoms with Crippen LogP contribution in [0.3, 0.4) is 0 Å². The number of nitrogens with zero attached hydrogens (tertiary/aromatic N) is 2. The Hall–Kier alpha value is -3.25. The minimum atomic E-state index is -0.187. The molecular formula is C22H19N3O2S. The third-order valence-electron chi connectivity index (χ3n) is 4.31. The summed E-state index contributed by atoms with van der Waals surface area (Å²) in [4.78, 5) is 22.4. The summed E-state index contributed by atoms with van der Waals surface area (Å²) < 4.78 is 5.28. The predicted octanol–water partition coefficient (Wildman–Crippen LogP) is 5.84. The molecule has 1 N–H and O–H groups in total. The van der Waals surface area contributed by atoms with Gasteiger partial charge in [-0.3, -0.25) is 10.1 Å². The van der Waals surface area contributed by atoms with Crippen LogP contribution in [0.1, 0.15) is 35.0 Å². The van der Waals surface area contributed by atoms with E-state index in [1.165, 1.54) is 17.7 Å². The lowest BCUT2D eigenvalue weighted by Crippen LogP contribution is -2.11. The molecule has 0 radical (unpaired) electrons. The third-order valence-corrected chi connectivity index (χ3v) is 5.58. The molecule has 2 aromatic carbocycles. The fourth-order valence-corrected chi connectivity index (χ4v) is 3.88. The molecule has 1 amide bonds. The number of anilines is 1. The number of rotatable bonds is 5. The number of carbonyl (C=O) groups is 1. The van der Waals surface area contributed by atoms with Crippen molar-refractivity contribution < 1.29 is 9.21 Å². The summed E-state index contributed by atoms with van der Waals surface area (Å²) in [5.41, 5.74) is 3.42. The van der Waals surface area contributed by atoms with Crippen LogP contribution >= 0.6 is 11.3 Å². The van der Waals surface area contributed by atoms with Crippen LogP contribution in [0.5, 0.6) is 0 Å². The van der Waals surface area contributed by atoms with Crippen molar-refractivity contribution in [3.05, 3.63) is 77.6 Å². The first kappa shape index (κ1) is 18.1. The van der Waals surface area contributed by atoms with Crippen molar-refractivity contribution in [2.75, 3.05) is 5.32 Å². The lowest BCUT2D eigenvalue weighted by atomic mass is 10.1. The van der Waals surface area contributed by atoms with E-state index in [2.05, 4.69) is 29.1 Å². The summed E-state index contributed by atoms with van der Waals surface area (Å²) in [6.45, 7) is 4.27. The van der Waals surface area contributed by atoms with E-state index in [9.17, 15) is 4.79 Å². The largest absolute Gasteiger partial charge is 0.444 e. The Morgan fingerprint density at radius 3 is 2.43 bits per heavy atom. The van der Waals surface area contributed by atoms with Gasteiger partial charge in [-0.2, -0.15) is 0 Å². The lowest BCUT2D eigenvalue weighted by Gasteiger charge is -2.04. The molecule has 4 rings (SSSR count). The minimum Gasteiger partial charge on any atom is -0.444 e. The summed E-state index contributed by atoms with van der Waals surface area (Å²) >= 11 is 1.52. The maximum atomic E-state index is 12.7. The molecule has 4 aromatic rings. The highest BCUT2D eigenvalue weighted by atomic mass is 32.1. The normalized spacial score (nSPS) is 11.0. The van der Waals surface area contributed by atoms with E-state index in [-0.39, 0.29) is 5.91 Å². The van der Waals surface area contributed by atoms with Gasteiger partial charge in [-0.15, -0.1) is 11.3 Å². The summed E-state index contributed by atoms with van der Waals surface area (Å²) in [5.74, 6) is 0.799. The topological polar surface area (TPSA) is 68.0 Å². The zero-order chi connectivity index (χ0) is 19.5. The fraction of sp³-hybridized carbons (Fsp3) is 0.136. The van der Waals surface area contributed by atoms with Crippen molar-refractivity contribution in [2.24, 2.45) is 0 Å². The zero-order valence-corrected chi connectivity index (χ0v) is 16.4. The number of benzene rings is 2. The maximum Gasteiger partial charge on any atom is 0.257 e. The maximum absolute atomic E-state index is 12.7. The molecule has 0 aliphatic rings. The van der Waals surface area contributed by atoms with Crippen LogP contribution in [-0.4, -0.2) is 15.9 Å². The standard InChI is InChI=1S/C22H19N3O2S/c1-14(2)20-19(16-6-4-3-5-7-16)24-22(28-20)25-21(26)17-10-8-15(9-11-17)18-12-23-13-27-18/h3-14H,1-2H3,(H,24,25,26). The fourth-order valence-electron chi connectivity index (χ4n) is 2.89. The molecule has 6 heteroatoms. The molecule has 0 unspecified atom stereocenters. The molecule has 0 aliphatic carbocycles. The van der Waals surface area contributed by atoms with Crippen LogP contribution in [0.2, 0.25) is 0 Å². The van der Waals surface area contributed by atoms with Gasteiger partial charge in [-0.1, -0.05) is 56.3 Å². The SMILES string of the molecule is CC(C)c1sc(NC(=O)c2ccc(-c3cnco3)cc2)nc1-c1ccccc1. The Morgan fingerprint density at radius 1 is 1.04 bits per heavy atom. The molecule has 2 aromatic heterocycles. The van der Waals surface area contributed by atoms with Crippen LogP contribution in [0, 0.1) is 0 Å². The third kappa shape index (κ3) is 3.73. The highest BCUT2D eigenvalue weighted by Gasteiger charge is 2.17. The summed E-state index contributed by atoms with van der Waals surface area (Å²) in [6, 6.07) is 17.3. The molecular weight excluding hydrogens is 370 g/mol. The molecule has 0 fully saturated rings. The van der Waals surface area contributed by atoms with Crippen LogP contribution < -0.4 is 5.32 Å². The molecule has 0 aliphatic heterocycles. The summed E-state index contributed by atoms with van der Waals surface area (Å²) in [5, 5.41) is 3.53. The molecule has 0 spiro atoms. The second-order valence-corrected chi connectivity index (χ2v) is 7.68. The van der Waals surface area contributed by atoms with Crippen molar-refractivity contribution in [2.45, 2.75) is 19.8 Å². The number of nitrogens with one attached hydrogen (secondary N) is 1. The van der Waals surface area contributed by atoms with Gasteiger partial charge in [0.25, 0.3) is 5.91 Å². The number of thiazole rings is 1. The quantitative estimate of drug-likeness (QED) is 0.465. The second-order valence-electron chi connectivity index (χ2n) is 6.65. The van der Waals surface area contributed by atoms with Gasteiger partial charge in [0.15, 0.2) is 17.3 Å². The molecule has 0 saturated heterocycles. The van der Waals surface area contributed by atoms with E-state index < -0.39 is 0 Å². The smallest absolute Gasteiger partial charge is 0.257 e. The van der Waals surface area contributed by atoms with Crippen molar-refractivity contribution in [1.29, 1.82) is 0 Å². The van der Waals surface area contributed by atoms with Crippen molar-refractivity contribution in [3.63, 3.8) is 0 Å². The van der Waals surface area contributed by atoms with E-state index in [0.717, 1.165) is 21.7 Å². The Bertz CT molecular complexity index is 1070. The summed E-state index contributed by atoms with van der Waals surface area (Å²) in [7, 11) is 0. The predicted molar refractivity (Wildman–Crippen MR) is 112 cm³/mol. The van der Waals surface area contributed by atoms with Gasteiger partial charge in [0.1, 0.15) is 0 Å². The van der Waals surface area contributed by atoms with Crippen LogP contribution in [-0.2, 0) is 0 Å². The van der Waals surface area contributed by atoms with Gasteiger partial charge in [0.2, 0.25) is 0 Å². The Labute approximate surface area is 167 Å². The van der Waals surface area contributed by atoms with Gasteiger partial charge in [-0.25, -0.2) is 9.97 Å². The van der Waals surface area contributed by atoms with Crippen LogP contribution in [0.15, 0.2) is 71.6 Å². The van der Waals surface area contributed by atoms with Gasteiger partial charge < -0.3 is 4.42 Å². The van der Waals surface area contributed by atoms with Gasteiger partial charge in [0.05, 0.1) is 11.9 Å². The molecule has 0 saturated carbocycles.